The van der Waals surface area contributed by atoms with Gasteiger partial charge < -0.3 is 61.4 Å². The van der Waals surface area contributed by atoms with Crippen molar-refractivity contribution >= 4 is 0 Å². The second-order valence-corrected chi connectivity index (χ2v) is 14.5. The Hall–Kier alpha value is -3.67. The topological polar surface area (TPSA) is 55.4 Å². The van der Waals surface area contributed by atoms with Crippen LogP contribution in [0.1, 0.15) is 45.5 Å². The van der Waals surface area contributed by atoms with Crippen molar-refractivity contribution < 1.29 is 61.4 Å². The lowest BCUT2D eigenvalue weighted by Gasteiger charge is -2.43. The average molecular weight is 780 g/mol. The summed E-state index contributed by atoms with van der Waals surface area (Å²) >= 11 is 0. The molecule has 4 aromatic rings. The minimum Gasteiger partial charge on any atom is -1.00 e. The monoisotopic (exact) mass is 779 g/mol. The Morgan fingerprint density at radius 3 is 1.86 bits per heavy atom. The molecule has 0 aliphatic carbocycles. The Kier molecular flexibility index (Phi) is 9.74. The normalized spacial score (nSPS) is 19.8. The van der Waals surface area contributed by atoms with E-state index in [-0.39, 0.29) is 36.1 Å². The first-order valence-corrected chi connectivity index (χ1v) is 16.8. The van der Waals surface area contributed by atoms with Gasteiger partial charge in [-0.3, -0.25) is 0 Å². The maximum absolute atomic E-state index is 6.86. The number of nitrogens with zero attached hydrogens (tertiary/aromatic N) is 2. The van der Waals surface area contributed by atoms with Crippen LogP contribution in [-0.4, -0.2) is 78.7 Å². The van der Waals surface area contributed by atoms with Crippen molar-refractivity contribution in [2.24, 2.45) is 0 Å². The highest BCUT2D eigenvalue weighted by Gasteiger charge is 2.41. The fourth-order valence-electron chi connectivity index (χ4n) is 7.95. The first-order valence-electron chi connectivity index (χ1n) is 16.8. The molecule has 49 heavy (non-hydrogen) atoms. The van der Waals surface area contributed by atoms with Crippen LogP contribution < -0.4 is 52.4 Å². The zero-order chi connectivity index (χ0) is 33.8. The van der Waals surface area contributed by atoms with Crippen molar-refractivity contribution in [3.05, 3.63) is 94.0 Å². The number of rotatable bonds is 4. The molecule has 4 aliphatic heterocycles. The number of fused-ring (bicyclic) bond motifs is 2. The Labute approximate surface area is 307 Å². The van der Waals surface area contributed by atoms with Crippen LogP contribution >= 0.6 is 0 Å². The van der Waals surface area contributed by atoms with Gasteiger partial charge >= 0.3 is 0 Å². The zero-order valence-corrected chi connectivity index (χ0v) is 32.1. The van der Waals surface area contributed by atoms with Crippen LogP contribution in [0.4, 0.5) is 0 Å². The Morgan fingerprint density at radius 2 is 1.18 bits per heavy atom. The molecule has 0 saturated carbocycles. The second kappa shape index (κ2) is 13.6. The Morgan fingerprint density at radius 1 is 0.592 bits per heavy atom. The standard InChI is InChI=1S/C40H48N2O6.HI/c1-41(2)17-15-27-22-34(44-6)36-24-30(27)31(41)19-25-9-12-29(13-10-25)47-40-38-28(23-37(45-7)39(40)46-8)16-18-42(3,4)32(38)20-26-11-14-33(43-5)35(21-26)48-36;/h9-14,21-24,31-32H,15-20H2,1-8H3;1H/q+2;/p-1. The van der Waals surface area contributed by atoms with E-state index < -0.39 is 0 Å². The summed E-state index contributed by atoms with van der Waals surface area (Å²) in [5.74, 6) is 5.54. The number of benzene rings is 4. The highest BCUT2D eigenvalue weighted by Crippen LogP contribution is 2.52. The second-order valence-electron chi connectivity index (χ2n) is 14.5. The van der Waals surface area contributed by atoms with Crippen LogP contribution in [0.25, 0.3) is 0 Å². The van der Waals surface area contributed by atoms with E-state index >= 15 is 0 Å². The fraction of sp³-hybridized carbons (Fsp3) is 0.400. The molecular formula is C40H48IN2O6+. The molecule has 0 saturated heterocycles. The van der Waals surface area contributed by atoms with Crippen LogP contribution in [0.2, 0.25) is 0 Å². The molecule has 2 unspecified atom stereocenters. The van der Waals surface area contributed by atoms with Gasteiger partial charge in [0.15, 0.2) is 34.5 Å². The summed E-state index contributed by atoms with van der Waals surface area (Å²) in [4.78, 5) is 0. The number of halogens is 1. The molecule has 0 amide bonds. The third-order valence-corrected chi connectivity index (χ3v) is 10.9. The van der Waals surface area contributed by atoms with Gasteiger partial charge in [-0.2, -0.15) is 0 Å². The number of methoxy groups -OCH3 is 4. The molecule has 0 fully saturated rings. The summed E-state index contributed by atoms with van der Waals surface area (Å²) in [5.41, 5.74) is 7.34. The van der Waals surface area contributed by atoms with E-state index in [1.165, 1.54) is 22.3 Å². The lowest BCUT2D eigenvalue weighted by atomic mass is 9.85. The molecule has 2 atom stereocenters. The first kappa shape index (κ1) is 35.2. The summed E-state index contributed by atoms with van der Waals surface area (Å²) in [6.07, 6.45) is 3.50. The van der Waals surface area contributed by atoms with Gasteiger partial charge in [-0.15, -0.1) is 0 Å². The van der Waals surface area contributed by atoms with Crippen LogP contribution in [0.5, 0.6) is 46.0 Å². The van der Waals surface area contributed by atoms with E-state index in [2.05, 4.69) is 82.8 Å². The molecule has 8 rings (SSSR count). The van der Waals surface area contributed by atoms with Crippen molar-refractivity contribution in [3.63, 3.8) is 0 Å². The number of ether oxygens (including phenoxy) is 6. The summed E-state index contributed by atoms with van der Waals surface area (Å²) in [5, 5.41) is 0. The SMILES string of the molecule is COc1ccc2cc1Oc1cc3c(cc1OC)CC[N+](C)(C)C3Cc1ccc(cc1)Oc1c(OC)c(OC)cc3c1C(C2)[N+](C)(C)CC3.[I-]. The van der Waals surface area contributed by atoms with Gasteiger partial charge in [0, 0.05) is 31.2 Å². The van der Waals surface area contributed by atoms with Gasteiger partial charge in [0.25, 0.3) is 0 Å². The maximum Gasteiger partial charge on any atom is 0.204 e. The van der Waals surface area contributed by atoms with E-state index in [9.17, 15) is 0 Å². The van der Waals surface area contributed by atoms with Crippen molar-refractivity contribution in [1.82, 2.24) is 0 Å². The minimum absolute atomic E-state index is 0. The first-order chi connectivity index (χ1) is 23.0. The van der Waals surface area contributed by atoms with Crippen molar-refractivity contribution in [2.75, 3.05) is 69.7 Å². The predicted octanol–water partition coefficient (Wildman–Crippen LogP) is 4.46. The third-order valence-electron chi connectivity index (χ3n) is 10.9. The van der Waals surface area contributed by atoms with E-state index in [1.807, 2.05) is 6.07 Å². The van der Waals surface area contributed by atoms with Gasteiger partial charge in [0.2, 0.25) is 5.75 Å². The van der Waals surface area contributed by atoms with Gasteiger partial charge in [0.05, 0.1) is 75.3 Å². The van der Waals surface area contributed by atoms with E-state index in [0.29, 0.717) is 28.7 Å². The highest BCUT2D eigenvalue weighted by atomic mass is 127. The lowest BCUT2D eigenvalue weighted by molar-refractivity contribution is -0.923. The molecular weight excluding hydrogens is 731 g/mol. The van der Waals surface area contributed by atoms with Crippen LogP contribution in [0, 0.1) is 0 Å². The van der Waals surface area contributed by atoms with Gasteiger partial charge in [-0.1, -0.05) is 18.2 Å². The molecule has 8 nitrogen and oxygen atoms in total. The van der Waals surface area contributed by atoms with Crippen LogP contribution in [0.3, 0.4) is 0 Å². The summed E-state index contributed by atoms with van der Waals surface area (Å²) in [6.45, 7) is 2.01. The highest BCUT2D eigenvalue weighted by molar-refractivity contribution is 5.62. The molecule has 9 heteroatoms. The molecule has 4 aliphatic rings. The molecule has 0 radical (unpaired) electrons. The van der Waals surface area contributed by atoms with E-state index in [1.54, 1.807) is 28.4 Å². The van der Waals surface area contributed by atoms with Gasteiger partial charge in [-0.25, -0.2) is 0 Å². The van der Waals surface area contributed by atoms with Crippen LogP contribution in [0.15, 0.2) is 60.7 Å². The van der Waals surface area contributed by atoms with Crippen LogP contribution in [-0.2, 0) is 25.7 Å². The minimum atomic E-state index is 0. The third kappa shape index (κ3) is 6.41. The summed E-state index contributed by atoms with van der Waals surface area (Å²) in [6, 6.07) is 21.6. The molecule has 6 bridgehead atoms. The fourth-order valence-corrected chi connectivity index (χ4v) is 7.95. The summed E-state index contributed by atoms with van der Waals surface area (Å²) < 4.78 is 39.0. The van der Waals surface area contributed by atoms with E-state index in [0.717, 1.165) is 76.1 Å². The number of hydrogen-bond donors (Lipinski definition) is 0. The summed E-state index contributed by atoms with van der Waals surface area (Å²) in [7, 11) is 16.0. The quantitative estimate of drug-likeness (QED) is 0.226. The van der Waals surface area contributed by atoms with Gasteiger partial charge in [-0.05, 0) is 64.7 Å². The lowest BCUT2D eigenvalue weighted by Crippen LogP contribution is -3.00. The number of quaternary nitrogens is 2. The van der Waals surface area contributed by atoms with Gasteiger partial charge in [0.1, 0.15) is 17.8 Å². The Bertz CT molecular complexity index is 1860. The molecule has 0 N–H and O–H groups in total. The zero-order valence-electron chi connectivity index (χ0n) is 29.9. The van der Waals surface area contributed by atoms with E-state index in [4.69, 9.17) is 28.4 Å². The molecule has 0 spiro atoms. The Balaban J connectivity index is 0.00000417. The number of likely N-dealkylation sites (N-methyl/N-ethyl adjacent to an activating group) is 2. The van der Waals surface area contributed by atoms with Crippen molar-refractivity contribution in [2.45, 2.75) is 37.8 Å². The largest absolute Gasteiger partial charge is 1.00 e. The number of hydrogen-bond acceptors (Lipinski definition) is 6. The maximum atomic E-state index is 6.86. The molecule has 0 aromatic heterocycles. The smallest absolute Gasteiger partial charge is 0.204 e. The average Bonchev–Trinajstić information content (AvgIpc) is 3.07. The van der Waals surface area contributed by atoms with Crippen molar-refractivity contribution in [3.8, 4) is 46.0 Å². The predicted molar refractivity (Wildman–Crippen MR) is 186 cm³/mol. The molecule has 4 heterocycles. The molecule has 4 aromatic carbocycles. The van der Waals surface area contributed by atoms with Crippen molar-refractivity contribution in [1.29, 1.82) is 0 Å². The molecule has 260 valence electrons.